The average Bonchev–Trinajstić information content (AvgIpc) is 2.17. The van der Waals surface area contributed by atoms with Gasteiger partial charge in [-0.15, -0.1) is 13.2 Å². The number of hydrogen-bond donors (Lipinski definition) is 1. The van der Waals surface area contributed by atoms with E-state index in [1.807, 2.05) is 0 Å². The van der Waals surface area contributed by atoms with Crippen LogP contribution in [0, 0.1) is 0 Å². The third-order valence-corrected chi connectivity index (χ3v) is 3.06. The minimum absolute atomic E-state index is 0.219. The number of carbonyl (C=O) groups excluding carboxylic acids is 1. The maximum absolute atomic E-state index is 12.0. The molecule has 1 rings (SSSR count). The van der Waals surface area contributed by atoms with Crippen molar-refractivity contribution in [3.05, 3.63) is 23.8 Å². The molecule has 0 fully saturated rings. The van der Waals surface area contributed by atoms with Crippen molar-refractivity contribution in [1.82, 2.24) is 0 Å². The fraction of sp³-hybridized carbons (Fsp3) is 0.300. The Kier molecular flexibility index (Phi) is 4.03. The highest BCUT2D eigenvalue weighted by molar-refractivity contribution is 9.09. The minimum atomic E-state index is -4.77. The zero-order chi connectivity index (χ0) is 13.2. The van der Waals surface area contributed by atoms with E-state index in [4.69, 9.17) is 5.73 Å². The van der Waals surface area contributed by atoms with Crippen LogP contribution in [-0.2, 0) is 4.79 Å². The number of rotatable bonds is 3. The molecule has 0 spiro atoms. The number of Topliss-reactive ketones (excluding diaryl/α,β-unsaturated/α-hetero) is 1. The fourth-order valence-electron chi connectivity index (χ4n) is 1.19. The summed E-state index contributed by atoms with van der Waals surface area (Å²) in [7, 11) is 0. The molecule has 0 saturated carbocycles. The Morgan fingerprint density at radius 3 is 2.53 bits per heavy atom. The summed E-state index contributed by atoms with van der Waals surface area (Å²) in [6, 6.07) is 3.43. The lowest BCUT2D eigenvalue weighted by atomic mass is 10.1. The topological polar surface area (TPSA) is 52.3 Å². The van der Waals surface area contributed by atoms with E-state index in [-0.39, 0.29) is 17.0 Å². The van der Waals surface area contributed by atoms with Crippen LogP contribution < -0.4 is 10.5 Å². The second-order valence-corrected chi connectivity index (χ2v) is 4.23. The van der Waals surface area contributed by atoms with Gasteiger partial charge in [0.25, 0.3) is 0 Å². The molecule has 0 bridgehead atoms. The molecular formula is C10H9BrF3NO2. The molecular weight excluding hydrogens is 303 g/mol. The van der Waals surface area contributed by atoms with Crippen LogP contribution in [0.5, 0.6) is 5.75 Å². The molecule has 2 N–H and O–H groups in total. The molecule has 17 heavy (non-hydrogen) atoms. The third kappa shape index (κ3) is 3.92. The summed E-state index contributed by atoms with van der Waals surface area (Å²) in [6.45, 7) is 1.30. The molecule has 1 aromatic carbocycles. The predicted molar refractivity (Wildman–Crippen MR) is 59.9 cm³/mol. The fourth-order valence-corrected chi connectivity index (χ4v) is 1.58. The first-order valence-corrected chi connectivity index (χ1v) is 5.42. The van der Waals surface area contributed by atoms with Gasteiger partial charge in [-0.25, -0.2) is 0 Å². The number of carbonyl (C=O) groups is 1. The summed E-state index contributed by atoms with van der Waals surface area (Å²) in [5.74, 6) is -0.673. The summed E-state index contributed by atoms with van der Waals surface area (Å²) in [5, 5.41) is 0. The smallest absolute Gasteiger partial charge is 0.406 e. The van der Waals surface area contributed by atoms with Crippen molar-refractivity contribution in [1.29, 1.82) is 0 Å². The van der Waals surface area contributed by atoms with E-state index in [0.717, 1.165) is 12.1 Å². The number of nitrogens with two attached hydrogens (primary N) is 1. The predicted octanol–water partition coefficient (Wildman–Crippen LogP) is 3.19. The Morgan fingerprint density at radius 1 is 1.47 bits per heavy atom. The zero-order valence-corrected chi connectivity index (χ0v) is 10.3. The van der Waals surface area contributed by atoms with Gasteiger partial charge in [0.1, 0.15) is 11.5 Å². The van der Waals surface area contributed by atoms with Gasteiger partial charge in [0.15, 0.2) is 0 Å². The Labute approximate surface area is 104 Å². The summed E-state index contributed by atoms with van der Waals surface area (Å²) in [4.78, 5) is 10.4. The normalized spacial score (nSPS) is 13.2. The lowest BCUT2D eigenvalue weighted by Gasteiger charge is -2.13. The van der Waals surface area contributed by atoms with E-state index >= 15 is 0 Å². The van der Waals surface area contributed by atoms with Gasteiger partial charge >= 0.3 is 6.36 Å². The average molecular weight is 312 g/mol. The Morgan fingerprint density at radius 2 is 2.06 bits per heavy atom. The van der Waals surface area contributed by atoms with Crippen LogP contribution >= 0.6 is 15.9 Å². The minimum Gasteiger partial charge on any atom is -0.406 e. The SMILES string of the molecule is CC(=O)C(Br)c1cc(OC(F)(F)F)ccc1N. The van der Waals surface area contributed by atoms with Gasteiger partial charge < -0.3 is 10.5 Å². The van der Waals surface area contributed by atoms with Gasteiger partial charge in [0, 0.05) is 5.69 Å². The van der Waals surface area contributed by atoms with E-state index in [2.05, 4.69) is 20.7 Å². The van der Waals surface area contributed by atoms with E-state index in [1.165, 1.54) is 13.0 Å². The molecule has 0 heterocycles. The van der Waals surface area contributed by atoms with E-state index in [9.17, 15) is 18.0 Å². The molecule has 0 aliphatic carbocycles. The molecule has 3 nitrogen and oxygen atoms in total. The summed E-state index contributed by atoms with van der Waals surface area (Å²) in [5.41, 5.74) is 6.04. The van der Waals surface area contributed by atoms with E-state index in [0.29, 0.717) is 0 Å². The van der Waals surface area contributed by atoms with Crippen LogP contribution in [0.3, 0.4) is 0 Å². The monoisotopic (exact) mass is 311 g/mol. The highest BCUT2D eigenvalue weighted by Gasteiger charge is 2.31. The lowest BCUT2D eigenvalue weighted by Crippen LogP contribution is -2.17. The first kappa shape index (κ1) is 13.8. The largest absolute Gasteiger partial charge is 0.573 e. The number of alkyl halides is 4. The molecule has 1 atom stereocenters. The van der Waals surface area contributed by atoms with Crippen molar-refractivity contribution in [2.24, 2.45) is 0 Å². The van der Waals surface area contributed by atoms with Gasteiger partial charge in [-0.05, 0) is 30.7 Å². The van der Waals surface area contributed by atoms with Gasteiger partial charge in [0.05, 0.1) is 4.83 Å². The molecule has 0 aromatic heterocycles. The van der Waals surface area contributed by atoms with Crippen molar-refractivity contribution in [2.45, 2.75) is 18.1 Å². The van der Waals surface area contributed by atoms with Gasteiger partial charge in [-0.3, -0.25) is 4.79 Å². The first-order valence-electron chi connectivity index (χ1n) is 4.50. The molecule has 0 radical (unpaired) electrons. The molecule has 7 heteroatoms. The number of ketones is 1. The number of halogens is 4. The first-order chi connectivity index (χ1) is 7.70. The van der Waals surface area contributed by atoms with Gasteiger partial charge in [0.2, 0.25) is 0 Å². The van der Waals surface area contributed by atoms with Crippen LogP contribution in [0.1, 0.15) is 17.3 Å². The van der Waals surface area contributed by atoms with Crippen LogP contribution in [0.25, 0.3) is 0 Å². The van der Waals surface area contributed by atoms with Crippen molar-refractivity contribution >= 4 is 27.4 Å². The molecule has 94 valence electrons. The highest BCUT2D eigenvalue weighted by atomic mass is 79.9. The third-order valence-electron chi connectivity index (χ3n) is 1.92. The molecule has 1 unspecified atom stereocenters. The zero-order valence-electron chi connectivity index (χ0n) is 8.72. The van der Waals surface area contributed by atoms with E-state index in [1.54, 1.807) is 0 Å². The second kappa shape index (κ2) is 4.95. The Bertz CT molecular complexity index is 434. The Balaban J connectivity index is 3.06. The summed E-state index contributed by atoms with van der Waals surface area (Å²) in [6.07, 6.45) is -4.77. The quantitative estimate of drug-likeness (QED) is 0.689. The maximum atomic E-state index is 12.0. The van der Waals surface area contributed by atoms with Crippen LogP contribution in [0.2, 0.25) is 0 Å². The van der Waals surface area contributed by atoms with Crippen LogP contribution in [0.4, 0.5) is 18.9 Å². The van der Waals surface area contributed by atoms with Crippen molar-refractivity contribution in [3.63, 3.8) is 0 Å². The van der Waals surface area contributed by atoms with Crippen LogP contribution in [-0.4, -0.2) is 12.1 Å². The van der Waals surface area contributed by atoms with Crippen molar-refractivity contribution in [2.75, 3.05) is 5.73 Å². The van der Waals surface area contributed by atoms with Gasteiger partial charge in [-0.2, -0.15) is 0 Å². The number of hydrogen-bond acceptors (Lipinski definition) is 3. The second-order valence-electron chi connectivity index (χ2n) is 3.31. The van der Waals surface area contributed by atoms with E-state index < -0.39 is 16.9 Å². The van der Waals surface area contributed by atoms with Crippen molar-refractivity contribution in [3.8, 4) is 5.75 Å². The molecule has 0 amide bonds. The summed E-state index contributed by atoms with van der Waals surface area (Å²) >= 11 is 3.05. The standard InChI is InChI=1S/C10H9BrF3NO2/c1-5(16)9(11)7-4-6(2-3-8(7)15)17-10(12,13)14/h2-4,9H,15H2,1H3. The summed E-state index contributed by atoms with van der Waals surface area (Å²) < 4.78 is 39.7. The number of benzene rings is 1. The number of anilines is 1. The number of nitrogen functional groups attached to an aromatic ring is 1. The Hall–Kier alpha value is -1.24. The van der Waals surface area contributed by atoms with Gasteiger partial charge in [-0.1, -0.05) is 15.9 Å². The molecule has 0 aliphatic heterocycles. The highest BCUT2D eigenvalue weighted by Crippen LogP contribution is 2.33. The maximum Gasteiger partial charge on any atom is 0.573 e. The molecule has 1 aromatic rings. The van der Waals surface area contributed by atoms with Crippen molar-refractivity contribution < 1.29 is 22.7 Å². The lowest BCUT2D eigenvalue weighted by molar-refractivity contribution is -0.274. The number of ether oxygens (including phenoxy) is 1. The van der Waals surface area contributed by atoms with Crippen LogP contribution in [0.15, 0.2) is 18.2 Å². The molecule has 0 aliphatic rings. The molecule has 0 saturated heterocycles.